The number of nitrogens with zero attached hydrogens (tertiary/aromatic N) is 2. The zero-order chi connectivity index (χ0) is 10.7. The van der Waals surface area contributed by atoms with Gasteiger partial charge in [-0.25, -0.2) is 4.98 Å². The lowest BCUT2D eigenvalue weighted by atomic mass is 10.3. The number of nitrogen functional groups attached to an aromatic ring is 1. The topological polar surface area (TPSA) is 77.6 Å². The fraction of sp³-hybridized carbons (Fsp3) is 0.444. The Balaban J connectivity index is 1.98. The molecule has 2 rings (SSSR count). The van der Waals surface area contributed by atoms with Gasteiger partial charge in [-0.05, 0) is 18.8 Å². The number of oxime groups is 1. The molecular weight excluding hydrogens is 214 g/mol. The van der Waals surface area contributed by atoms with Crippen molar-refractivity contribution in [3.05, 3.63) is 11.1 Å². The third-order valence-corrected chi connectivity index (χ3v) is 2.74. The highest BCUT2D eigenvalue weighted by Gasteiger charge is 2.22. The number of thiazole rings is 1. The minimum Gasteiger partial charge on any atom is -0.395 e. The summed E-state index contributed by atoms with van der Waals surface area (Å²) >= 11 is 1.27. The lowest BCUT2D eigenvalue weighted by molar-refractivity contribution is -0.102. The number of carbonyl (C=O) groups excluding carboxylic acids is 1. The van der Waals surface area contributed by atoms with Gasteiger partial charge < -0.3 is 10.6 Å². The molecule has 0 aromatic carbocycles. The molecule has 0 spiro atoms. The van der Waals surface area contributed by atoms with Crippen LogP contribution in [0.3, 0.4) is 0 Å². The van der Waals surface area contributed by atoms with Crippen molar-refractivity contribution in [2.75, 3.05) is 12.3 Å². The number of aromatic nitrogens is 1. The fourth-order valence-corrected chi connectivity index (χ4v) is 1.59. The maximum absolute atomic E-state index is 10.7. The summed E-state index contributed by atoms with van der Waals surface area (Å²) in [6.45, 7) is 0.580. The van der Waals surface area contributed by atoms with Crippen LogP contribution in [0, 0.1) is 5.92 Å². The van der Waals surface area contributed by atoms with Gasteiger partial charge in [-0.3, -0.25) is 4.79 Å². The Kier molecular flexibility index (Phi) is 2.96. The van der Waals surface area contributed by atoms with E-state index in [1.807, 2.05) is 0 Å². The average Bonchev–Trinajstić information content (AvgIpc) is 2.96. The highest BCUT2D eigenvalue weighted by atomic mass is 32.1. The predicted octanol–water partition coefficient (Wildman–Crippen LogP) is 1.05. The summed E-state index contributed by atoms with van der Waals surface area (Å²) in [5.74, 6) is 0.613. The summed E-state index contributed by atoms with van der Waals surface area (Å²) in [5.41, 5.74) is 6.13. The van der Waals surface area contributed by atoms with Crippen molar-refractivity contribution < 1.29 is 9.63 Å². The second-order valence-electron chi connectivity index (χ2n) is 3.40. The Bertz CT molecular complexity index is 384. The molecule has 1 saturated carbocycles. The first-order valence-electron chi connectivity index (χ1n) is 4.66. The van der Waals surface area contributed by atoms with Gasteiger partial charge in [0.25, 0.3) is 0 Å². The summed E-state index contributed by atoms with van der Waals surface area (Å²) in [6, 6.07) is 0. The van der Waals surface area contributed by atoms with Gasteiger partial charge in [0.05, 0.1) is 0 Å². The number of nitrogens with two attached hydrogens (primary N) is 1. The van der Waals surface area contributed by atoms with Gasteiger partial charge in [-0.2, -0.15) is 0 Å². The maximum Gasteiger partial charge on any atom is 0.180 e. The molecule has 0 atom stereocenters. The minimum absolute atomic E-state index is 0.198. The molecule has 6 heteroatoms. The average molecular weight is 225 g/mol. The minimum atomic E-state index is 0.198. The SMILES string of the molecule is Nc1nc(C(C=O)=NOCC2CC2)cs1. The molecule has 0 unspecified atom stereocenters. The molecule has 5 nitrogen and oxygen atoms in total. The van der Waals surface area contributed by atoms with Gasteiger partial charge in [0, 0.05) is 5.38 Å². The monoisotopic (exact) mass is 225 g/mol. The standard InChI is InChI=1S/C9H11N3O2S/c10-9-11-8(5-15-9)7(3-13)12-14-4-6-1-2-6/h3,5-6H,1-2,4H2,(H2,10,11). The van der Waals surface area contributed by atoms with Crippen molar-refractivity contribution in [3.63, 3.8) is 0 Å². The molecule has 1 aliphatic rings. The van der Waals surface area contributed by atoms with Crippen molar-refractivity contribution in [2.45, 2.75) is 12.8 Å². The Morgan fingerprint density at radius 3 is 3.13 bits per heavy atom. The van der Waals surface area contributed by atoms with Crippen LogP contribution in [0.15, 0.2) is 10.5 Å². The molecule has 0 bridgehead atoms. The summed E-state index contributed by atoms with van der Waals surface area (Å²) < 4.78 is 0. The van der Waals surface area contributed by atoms with Gasteiger partial charge in [-0.1, -0.05) is 5.16 Å². The van der Waals surface area contributed by atoms with Crippen LogP contribution in [0.25, 0.3) is 0 Å². The molecule has 0 radical (unpaired) electrons. The zero-order valence-electron chi connectivity index (χ0n) is 8.05. The highest BCUT2D eigenvalue weighted by molar-refractivity contribution is 7.13. The normalized spacial score (nSPS) is 16.4. The Hall–Kier alpha value is -1.43. The van der Waals surface area contributed by atoms with E-state index in [4.69, 9.17) is 10.6 Å². The second kappa shape index (κ2) is 4.39. The first kappa shape index (κ1) is 10.1. The fourth-order valence-electron chi connectivity index (χ4n) is 1.03. The van der Waals surface area contributed by atoms with Crippen molar-refractivity contribution in [3.8, 4) is 0 Å². The van der Waals surface area contributed by atoms with E-state index in [0.29, 0.717) is 29.6 Å². The van der Waals surface area contributed by atoms with E-state index in [-0.39, 0.29) is 5.71 Å². The Morgan fingerprint density at radius 2 is 2.60 bits per heavy atom. The van der Waals surface area contributed by atoms with E-state index in [9.17, 15) is 4.79 Å². The van der Waals surface area contributed by atoms with Crippen molar-refractivity contribution >= 4 is 28.5 Å². The van der Waals surface area contributed by atoms with E-state index >= 15 is 0 Å². The first-order valence-corrected chi connectivity index (χ1v) is 5.54. The van der Waals surface area contributed by atoms with Gasteiger partial charge in [0.1, 0.15) is 12.3 Å². The van der Waals surface area contributed by atoms with E-state index < -0.39 is 0 Å². The van der Waals surface area contributed by atoms with Crippen molar-refractivity contribution in [2.24, 2.45) is 11.1 Å². The smallest absolute Gasteiger partial charge is 0.180 e. The summed E-state index contributed by atoms with van der Waals surface area (Å²) in [7, 11) is 0. The summed E-state index contributed by atoms with van der Waals surface area (Å²) in [6.07, 6.45) is 3.01. The predicted molar refractivity (Wildman–Crippen MR) is 57.8 cm³/mol. The molecule has 15 heavy (non-hydrogen) atoms. The van der Waals surface area contributed by atoms with Crippen LogP contribution in [0.1, 0.15) is 18.5 Å². The van der Waals surface area contributed by atoms with Crippen LogP contribution in [-0.4, -0.2) is 23.6 Å². The van der Waals surface area contributed by atoms with Crippen LogP contribution in [0.2, 0.25) is 0 Å². The first-order chi connectivity index (χ1) is 7.29. The molecule has 1 aromatic heterocycles. The third kappa shape index (κ3) is 2.76. The molecule has 1 aromatic rings. The van der Waals surface area contributed by atoms with Crippen LogP contribution < -0.4 is 5.73 Å². The molecule has 80 valence electrons. The zero-order valence-corrected chi connectivity index (χ0v) is 8.87. The molecule has 1 heterocycles. The van der Waals surface area contributed by atoms with E-state index in [0.717, 1.165) is 0 Å². The molecule has 0 saturated heterocycles. The molecule has 2 N–H and O–H groups in total. The van der Waals surface area contributed by atoms with Gasteiger partial charge in [-0.15, -0.1) is 11.3 Å². The third-order valence-electron chi connectivity index (χ3n) is 2.07. The van der Waals surface area contributed by atoms with Crippen LogP contribution in [-0.2, 0) is 9.63 Å². The number of rotatable bonds is 5. The van der Waals surface area contributed by atoms with E-state index in [1.165, 1.54) is 24.2 Å². The quantitative estimate of drug-likeness (QED) is 0.461. The Labute approximate surface area is 90.9 Å². The molecule has 0 aliphatic heterocycles. The largest absolute Gasteiger partial charge is 0.395 e. The van der Waals surface area contributed by atoms with E-state index in [2.05, 4.69) is 10.1 Å². The lowest BCUT2D eigenvalue weighted by Gasteiger charge is -1.97. The number of hydrogen-bond donors (Lipinski definition) is 1. The molecule has 1 fully saturated rings. The highest BCUT2D eigenvalue weighted by Crippen LogP contribution is 2.28. The van der Waals surface area contributed by atoms with Gasteiger partial charge >= 0.3 is 0 Å². The summed E-state index contributed by atoms with van der Waals surface area (Å²) in [4.78, 5) is 19.7. The number of carbonyl (C=O) groups is 1. The lowest BCUT2D eigenvalue weighted by Crippen LogP contribution is -2.05. The van der Waals surface area contributed by atoms with Gasteiger partial charge in [0.2, 0.25) is 0 Å². The van der Waals surface area contributed by atoms with Crippen LogP contribution in [0.4, 0.5) is 5.13 Å². The summed E-state index contributed by atoms with van der Waals surface area (Å²) in [5, 5.41) is 5.85. The number of anilines is 1. The van der Waals surface area contributed by atoms with E-state index in [1.54, 1.807) is 5.38 Å². The number of aldehydes is 1. The molecule has 0 amide bonds. The van der Waals surface area contributed by atoms with Crippen molar-refractivity contribution in [1.29, 1.82) is 0 Å². The van der Waals surface area contributed by atoms with Crippen LogP contribution >= 0.6 is 11.3 Å². The number of hydrogen-bond acceptors (Lipinski definition) is 6. The van der Waals surface area contributed by atoms with Gasteiger partial charge in [0.15, 0.2) is 17.1 Å². The Morgan fingerprint density at radius 1 is 1.80 bits per heavy atom. The second-order valence-corrected chi connectivity index (χ2v) is 4.29. The molecular formula is C9H11N3O2S. The molecule has 1 aliphatic carbocycles. The van der Waals surface area contributed by atoms with Crippen LogP contribution in [0.5, 0.6) is 0 Å². The maximum atomic E-state index is 10.7. The van der Waals surface area contributed by atoms with Crippen molar-refractivity contribution in [1.82, 2.24) is 4.98 Å².